The summed E-state index contributed by atoms with van der Waals surface area (Å²) in [6.45, 7) is 0.101. The monoisotopic (exact) mass is 311 g/mol. The molecular formula is C9H11ClINO. The van der Waals surface area contributed by atoms with Gasteiger partial charge in [-0.3, -0.25) is 0 Å². The standard InChI is InChI=1S/C9H11ClINO/c10-7-3-1-2-6(9(7)11)8(12)4-5-13/h1-3,8,13H,4-5,12H2/t8-/m1/s1. The van der Waals surface area contributed by atoms with Gasteiger partial charge in [0.2, 0.25) is 0 Å². The lowest BCUT2D eigenvalue weighted by atomic mass is 10.1. The van der Waals surface area contributed by atoms with Gasteiger partial charge in [0.15, 0.2) is 0 Å². The van der Waals surface area contributed by atoms with E-state index in [0.29, 0.717) is 11.4 Å². The zero-order valence-corrected chi connectivity index (χ0v) is 9.92. The van der Waals surface area contributed by atoms with Gasteiger partial charge < -0.3 is 10.8 Å². The minimum Gasteiger partial charge on any atom is -0.396 e. The summed E-state index contributed by atoms with van der Waals surface area (Å²) < 4.78 is 0.975. The van der Waals surface area contributed by atoms with Crippen LogP contribution in [0.25, 0.3) is 0 Å². The van der Waals surface area contributed by atoms with E-state index in [1.165, 1.54) is 0 Å². The normalized spacial score (nSPS) is 12.9. The molecule has 1 rings (SSSR count). The number of hydrogen-bond donors (Lipinski definition) is 2. The maximum absolute atomic E-state index is 8.74. The lowest BCUT2D eigenvalue weighted by Crippen LogP contribution is -2.13. The van der Waals surface area contributed by atoms with E-state index in [4.69, 9.17) is 22.4 Å². The summed E-state index contributed by atoms with van der Waals surface area (Å²) in [4.78, 5) is 0. The van der Waals surface area contributed by atoms with Crippen molar-refractivity contribution >= 4 is 34.2 Å². The summed E-state index contributed by atoms with van der Waals surface area (Å²) >= 11 is 8.10. The minimum absolute atomic E-state index is 0.101. The number of aliphatic hydroxyl groups is 1. The molecule has 0 spiro atoms. The highest BCUT2D eigenvalue weighted by molar-refractivity contribution is 14.1. The van der Waals surface area contributed by atoms with Crippen LogP contribution in [-0.2, 0) is 0 Å². The van der Waals surface area contributed by atoms with Gasteiger partial charge in [0.25, 0.3) is 0 Å². The van der Waals surface area contributed by atoms with Crippen molar-refractivity contribution in [3.05, 3.63) is 32.4 Å². The van der Waals surface area contributed by atoms with E-state index < -0.39 is 0 Å². The Morgan fingerprint density at radius 3 is 2.85 bits per heavy atom. The molecule has 1 aromatic rings. The summed E-state index contributed by atoms with van der Waals surface area (Å²) in [5.41, 5.74) is 6.85. The highest BCUT2D eigenvalue weighted by Crippen LogP contribution is 2.26. The molecule has 0 saturated carbocycles. The van der Waals surface area contributed by atoms with Crippen LogP contribution in [0.5, 0.6) is 0 Å². The number of halogens is 2. The minimum atomic E-state index is -0.129. The van der Waals surface area contributed by atoms with E-state index >= 15 is 0 Å². The van der Waals surface area contributed by atoms with Crippen LogP contribution in [0.1, 0.15) is 18.0 Å². The Hall–Kier alpha value is 0.160. The van der Waals surface area contributed by atoms with E-state index in [2.05, 4.69) is 22.6 Å². The predicted molar refractivity (Wildman–Crippen MR) is 62.8 cm³/mol. The maximum Gasteiger partial charge on any atom is 0.0542 e. The molecule has 2 nitrogen and oxygen atoms in total. The number of hydrogen-bond acceptors (Lipinski definition) is 2. The van der Waals surface area contributed by atoms with E-state index in [9.17, 15) is 0 Å². The summed E-state index contributed by atoms with van der Waals surface area (Å²) in [7, 11) is 0. The van der Waals surface area contributed by atoms with Gasteiger partial charge in [-0.25, -0.2) is 0 Å². The van der Waals surface area contributed by atoms with Gasteiger partial charge in [-0.2, -0.15) is 0 Å². The topological polar surface area (TPSA) is 46.2 Å². The van der Waals surface area contributed by atoms with Gasteiger partial charge in [-0.15, -0.1) is 0 Å². The second-order valence-electron chi connectivity index (χ2n) is 2.76. The van der Waals surface area contributed by atoms with Crippen LogP contribution in [0.3, 0.4) is 0 Å². The fourth-order valence-corrected chi connectivity index (χ4v) is 2.04. The smallest absolute Gasteiger partial charge is 0.0542 e. The molecule has 1 atom stereocenters. The number of rotatable bonds is 3. The summed E-state index contributed by atoms with van der Waals surface area (Å²) in [6.07, 6.45) is 0.566. The van der Waals surface area contributed by atoms with Crippen molar-refractivity contribution in [2.24, 2.45) is 5.73 Å². The average Bonchev–Trinajstić information content (AvgIpc) is 2.10. The summed E-state index contributed by atoms with van der Waals surface area (Å²) in [6, 6.07) is 5.51. The predicted octanol–water partition coefficient (Wildman–Crippen LogP) is 2.33. The fraction of sp³-hybridized carbons (Fsp3) is 0.333. The Kier molecular flexibility index (Phi) is 4.45. The first-order chi connectivity index (χ1) is 6.16. The lowest BCUT2D eigenvalue weighted by molar-refractivity contribution is 0.276. The third-order valence-corrected chi connectivity index (χ3v) is 3.66. The van der Waals surface area contributed by atoms with Gasteiger partial charge in [0.05, 0.1) is 5.02 Å². The first-order valence-electron chi connectivity index (χ1n) is 3.97. The quantitative estimate of drug-likeness (QED) is 0.842. The molecular weight excluding hydrogens is 300 g/mol. The van der Waals surface area contributed by atoms with Gasteiger partial charge in [-0.05, 0) is 40.6 Å². The van der Waals surface area contributed by atoms with Crippen LogP contribution < -0.4 is 5.73 Å². The Bertz CT molecular complexity index is 293. The fourth-order valence-electron chi connectivity index (χ4n) is 1.10. The van der Waals surface area contributed by atoms with Crippen molar-refractivity contribution in [1.82, 2.24) is 0 Å². The molecule has 0 unspecified atom stereocenters. The SMILES string of the molecule is N[C@H](CCO)c1cccc(Cl)c1I. The Balaban J connectivity index is 2.93. The number of nitrogens with two attached hydrogens (primary N) is 1. The first-order valence-corrected chi connectivity index (χ1v) is 5.43. The summed E-state index contributed by atoms with van der Waals surface area (Å²) in [5.74, 6) is 0. The van der Waals surface area contributed by atoms with Gasteiger partial charge in [-0.1, -0.05) is 23.7 Å². The average molecular weight is 312 g/mol. The first kappa shape index (κ1) is 11.2. The lowest BCUT2D eigenvalue weighted by Gasteiger charge is -2.12. The van der Waals surface area contributed by atoms with Crippen molar-refractivity contribution in [2.45, 2.75) is 12.5 Å². The van der Waals surface area contributed by atoms with Crippen LogP contribution in [0, 0.1) is 3.57 Å². The van der Waals surface area contributed by atoms with Crippen molar-refractivity contribution in [1.29, 1.82) is 0 Å². The molecule has 0 aromatic heterocycles. The Morgan fingerprint density at radius 2 is 2.23 bits per heavy atom. The molecule has 0 aliphatic carbocycles. The van der Waals surface area contributed by atoms with E-state index in [1.54, 1.807) is 0 Å². The summed E-state index contributed by atoms with van der Waals surface area (Å²) in [5, 5.41) is 9.46. The molecule has 0 fully saturated rings. The van der Waals surface area contributed by atoms with Crippen LogP contribution in [-0.4, -0.2) is 11.7 Å². The van der Waals surface area contributed by atoms with Crippen molar-refractivity contribution in [2.75, 3.05) is 6.61 Å². The van der Waals surface area contributed by atoms with E-state index in [-0.39, 0.29) is 12.6 Å². The highest BCUT2D eigenvalue weighted by atomic mass is 127. The van der Waals surface area contributed by atoms with E-state index in [0.717, 1.165) is 9.13 Å². The molecule has 0 bridgehead atoms. The number of aliphatic hydroxyl groups excluding tert-OH is 1. The Morgan fingerprint density at radius 1 is 1.54 bits per heavy atom. The Labute approximate surface area is 96.2 Å². The second kappa shape index (κ2) is 5.14. The van der Waals surface area contributed by atoms with Gasteiger partial charge in [0.1, 0.15) is 0 Å². The zero-order valence-electron chi connectivity index (χ0n) is 7.00. The maximum atomic E-state index is 8.74. The zero-order chi connectivity index (χ0) is 9.84. The van der Waals surface area contributed by atoms with Gasteiger partial charge in [0, 0.05) is 16.2 Å². The van der Waals surface area contributed by atoms with Crippen LogP contribution in [0.15, 0.2) is 18.2 Å². The largest absolute Gasteiger partial charge is 0.396 e. The van der Waals surface area contributed by atoms with Crippen molar-refractivity contribution in [3.63, 3.8) is 0 Å². The molecule has 4 heteroatoms. The molecule has 0 aliphatic rings. The van der Waals surface area contributed by atoms with Gasteiger partial charge >= 0.3 is 0 Å². The van der Waals surface area contributed by atoms with Crippen molar-refractivity contribution < 1.29 is 5.11 Å². The molecule has 3 N–H and O–H groups in total. The van der Waals surface area contributed by atoms with Crippen LogP contribution in [0.2, 0.25) is 5.02 Å². The molecule has 0 radical (unpaired) electrons. The van der Waals surface area contributed by atoms with Crippen molar-refractivity contribution in [3.8, 4) is 0 Å². The highest BCUT2D eigenvalue weighted by Gasteiger charge is 2.10. The molecule has 13 heavy (non-hydrogen) atoms. The molecule has 1 aromatic carbocycles. The second-order valence-corrected chi connectivity index (χ2v) is 4.25. The third kappa shape index (κ3) is 2.80. The number of benzene rings is 1. The van der Waals surface area contributed by atoms with Crippen LogP contribution >= 0.6 is 34.2 Å². The molecule has 0 saturated heterocycles. The molecule has 0 amide bonds. The van der Waals surface area contributed by atoms with Crippen LogP contribution in [0.4, 0.5) is 0 Å². The molecule has 72 valence electrons. The van der Waals surface area contributed by atoms with E-state index in [1.807, 2.05) is 18.2 Å². The molecule has 0 aliphatic heterocycles. The molecule has 0 heterocycles. The third-order valence-electron chi connectivity index (χ3n) is 1.82.